The summed E-state index contributed by atoms with van der Waals surface area (Å²) < 4.78 is 0. The fraction of sp³-hybridized carbons (Fsp3) is 0.190. The molecule has 2 unspecified atom stereocenters. The van der Waals surface area contributed by atoms with Crippen LogP contribution in [0.4, 0.5) is 11.5 Å². The third-order valence-electron chi connectivity index (χ3n) is 4.94. The number of aromatic nitrogens is 2. The Bertz CT molecular complexity index is 1180. The highest BCUT2D eigenvalue weighted by molar-refractivity contribution is 6.39. The van der Waals surface area contributed by atoms with Crippen LogP contribution in [0.2, 0.25) is 0 Å². The number of fused-ring (bicyclic) bond motifs is 1. The minimum atomic E-state index is -0.826. The zero-order valence-electron chi connectivity index (χ0n) is 15.6. The normalized spacial score (nSPS) is 17.4. The number of aryl methyl sites for hydroxylation is 1. The van der Waals surface area contributed by atoms with E-state index in [0.717, 1.165) is 27.5 Å². The Kier molecular flexibility index (Phi) is 4.56. The predicted molar refractivity (Wildman–Crippen MR) is 108 cm³/mol. The predicted octanol–water partition coefficient (Wildman–Crippen LogP) is 2.15. The molecule has 4 N–H and O–H groups in total. The lowest BCUT2D eigenvalue weighted by Crippen LogP contribution is -2.37. The number of anilines is 2. The molecule has 0 spiro atoms. The van der Waals surface area contributed by atoms with Gasteiger partial charge in [0.05, 0.1) is 12.0 Å². The van der Waals surface area contributed by atoms with Crippen LogP contribution in [0, 0.1) is 24.2 Å². The summed E-state index contributed by atoms with van der Waals surface area (Å²) in [6.07, 6.45) is 5.63. The van der Waals surface area contributed by atoms with Crippen molar-refractivity contribution in [1.29, 1.82) is 5.26 Å². The van der Waals surface area contributed by atoms with Crippen LogP contribution in [0.25, 0.3) is 21.9 Å². The summed E-state index contributed by atoms with van der Waals surface area (Å²) in [6, 6.07) is 9.19. The number of nitrogen functional groups attached to an aromatic ring is 1. The van der Waals surface area contributed by atoms with E-state index >= 15 is 0 Å². The van der Waals surface area contributed by atoms with E-state index in [1.54, 1.807) is 24.7 Å². The summed E-state index contributed by atoms with van der Waals surface area (Å²) in [5.74, 6) is -1.59. The summed E-state index contributed by atoms with van der Waals surface area (Å²) in [5, 5.41) is 15.3. The Hall–Kier alpha value is -3.99. The van der Waals surface area contributed by atoms with Crippen LogP contribution >= 0.6 is 0 Å². The molecule has 1 fully saturated rings. The van der Waals surface area contributed by atoms with Gasteiger partial charge < -0.3 is 16.4 Å². The van der Waals surface area contributed by atoms with Crippen LogP contribution in [-0.4, -0.2) is 27.8 Å². The average molecular weight is 386 g/mol. The fourth-order valence-corrected chi connectivity index (χ4v) is 3.18. The molecule has 1 aliphatic rings. The fourth-order valence-electron chi connectivity index (χ4n) is 3.18. The molecule has 2 amide bonds. The van der Waals surface area contributed by atoms with Gasteiger partial charge in [-0.1, -0.05) is 0 Å². The van der Waals surface area contributed by atoms with Gasteiger partial charge in [-0.2, -0.15) is 5.26 Å². The Morgan fingerprint density at radius 3 is 2.79 bits per heavy atom. The summed E-state index contributed by atoms with van der Waals surface area (Å²) in [6.45, 7) is 1.99. The first kappa shape index (κ1) is 18.4. The van der Waals surface area contributed by atoms with E-state index < -0.39 is 11.8 Å². The Morgan fingerprint density at radius 1 is 1.24 bits per heavy atom. The number of benzene rings is 1. The van der Waals surface area contributed by atoms with Gasteiger partial charge in [0.1, 0.15) is 5.82 Å². The number of carbonyl (C=O) groups excluding carboxylic acids is 2. The van der Waals surface area contributed by atoms with Crippen molar-refractivity contribution in [2.45, 2.75) is 19.4 Å². The maximum atomic E-state index is 12.1. The van der Waals surface area contributed by atoms with Gasteiger partial charge >= 0.3 is 11.8 Å². The minimum absolute atomic E-state index is 0.220. The van der Waals surface area contributed by atoms with Crippen LogP contribution in [0.15, 0.2) is 42.9 Å². The quantitative estimate of drug-likeness (QED) is 0.466. The van der Waals surface area contributed by atoms with Crippen LogP contribution in [0.3, 0.4) is 0 Å². The van der Waals surface area contributed by atoms with E-state index in [9.17, 15) is 9.59 Å². The molecule has 0 aliphatic heterocycles. The summed E-state index contributed by atoms with van der Waals surface area (Å²) in [4.78, 5) is 32.4. The topological polar surface area (TPSA) is 134 Å². The van der Waals surface area contributed by atoms with Crippen molar-refractivity contribution in [3.63, 3.8) is 0 Å². The Balaban J connectivity index is 1.58. The first-order valence-corrected chi connectivity index (χ1v) is 9.08. The molecule has 8 nitrogen and oxygen atoms in total. The van der Waals surface area contributed by atoms with E-state index in [2.05, 4.69) is 26.7 Å². The zero-order chi connectivity index (χ0) is 20.5. The number of nitriles is 1. The second-order valence-electron chi connectivity index (χ2n) is 7.05. The van der Waals surface area contributed by atoms with Crippen molar-refractivity contribution in [3.05, 3.63) is 48.4 Å². The number of hydrogen-bond acceptors (Lipinski definition) is 6. The van der Waals surface area contributed by atoms with Gasteiger partial charge in [-0.15, -0.1) is 0 Å². The zero-order valence-corrected chi connectivity index (χ0v) is 15.6. The first-order chi connectivity index (χ1) is 14.0. The lowest BCUT2D eigenvalue weighted by molar-refractivity contribution is -0.136. The molecule has 4 rings (SSSR count). The lowest BCUT2D eigenvalue weighted by atomic mass is 9.99. The van der Waals surface area contributed by atoms with Crippen molar-refractivity contribution >= 4 is 34.1 Å². The molecule has 2 atom stereocenters. The highest BCUT2D eigenvalue weighted by Gasteiger charge is 2.39. The van der Waals surface area contributed by atoms with Gasteiger partial charge in [-0.3, -0.25) is 14.6 Å². The standard InChI is InChI=1S/C21H18N6O2/c1-11-2-3-24-9-15(11)12-4-13-7-19(25-10-16(13)17(23)5-12)27-21(29)20(28)26-18-6-14(18)8-22/h2-5,7,9-10,14,18H,6,23H2,1H3,(H,26,28)(H,25,27,29). The number of hydrogen-bond donors (Lipinski definition) is 3. The molecule has 1 aromatic carbocycles. The molecular formula is C21H18N6O2. The first-order valence-electron chi connectivity index (χ1n) is 9.08. The van der Waals surface area contributed by atoms with Gasteiger partial charge in [-0.05, 0) is 54.1 Å². The Labute approximate surface area is 166 Å². The van der Waals surface area contributed by atoms with Crippen molar-refractivity contribution in [1.82, 2.24) is 15.3 Å². The van der Waals surface area contributed by atoms with Crippen LogP contribution < -0.4 is 16.4 Å². The maximum absolute atomic E-state index is 12.1. The van der Waals surface area contributed by atoms with Crippen LogP contribution in [0.5, 0.6) is 0 Å². The van der Waals surface area contributed by atoms with Crippen molar-refractivity contribution in [2.24, 2.45) is 5.92 Å². The third-order valence-corrected chi connectivity index (χ3v) is 4.94. The van der Waals surface area contributed by atoms with E-state index in [-0.39, 0.29) is 17.8 Å². The molecule has 0 bridgehead atoms. The number of amides is 2. The molecule has 2 aromatic heterocycles. The number of rotatable bonds is 3. The van der Waals surface area contributed by atoms with Crippen molar-refractivity contribution in [3.8, 4) is 17.2 Å². The molecule has 2 heterocycles. The molecule has 1 aliphatic carbocycles. The van der Waals surface area contributed by atoms with Gasteiger partial charge in [0.25, 0.3) is 0 Å². The molecule has 0 saturated heterocycles. The second kappa shape index (κ2) is 7.20. The lowest BCUT2D eigenvalue weighted by Gasteiger charge is -2.11. The third kappa shape index (κ3) is 3.71. The molecule has 29 heavy (non-hydrogen) atoms. The molecule has 8 heteroatoms. The van der Waals surface area contributed by atoms with Gasteiger partial charge in [-0.25, -0.2) is 4.98 Å². The summed E-state index contributed by atoms with van der Waals surface area (Å²) in [7, 11) is 0. The number of nitrogens with two attached hydrogens (primary N) is 1. The molecule has 144 valence electrons. The van der Waals surface area contributed by atoms with E-state index in [0.29, 0.717) is 12.1 Å². The summed E-state index contributed by atoms with van der Waals surface area (Å²) >= 11 is 0. The smallest absolute Gasteiger partial charge is 0.314 e. The highest BCUT2D eigenvalue weighted by Crippen LogP contribution is 2.31. The van der Waals surface area contributed by atoms with E-state index in [1.165, 1.54) is 0 Å². The molecular weight excluding hydrogens is 368 g/mol. The highest BCUT2D eigenvalue weighted by atomic mass is 16.2. The largest absolute Gasteiger partial charge is 0.398 e. The van der Waals surface area contributed by atoms with E-state index in [4.69, 9.17) is 11.0 Å². The average Bonchev–Trinajstić information content (AvgIpc) is 3.46. The maximum Gasteiger partial charge on any atom is 0.314 e. The van der Waals surface area contributed by atoms with Gasteiger partial charge in [0.2, 0.25) is 0 Å². The van der Waals surface area contributed by atoms with Crippen molar-refractivity contribution < 1.29 is 9.59 Å². The monoisotopic (exact) mass is 386 g/mol. The number of pyridine rings is 2. The number of nitrogens with zero attached hydrogens (tertiary/aromatic N) is 3. The molecule has 3 aromatic rings. The second-order valence-corrected chi connectivity index (χ2v) is 7.05. The summed E-state index contributed by atoms with van der Waals surface area (Å²) in [5.41, 5.74) is 9.67. The van der Waals surface area contributed by atoms with E-state index in [1.807, 2.05) is 25.1 Å². The minimum Gasteiger partial charge on any atom is -0.398 e. The van der Waals surface area contributed by atoms with Crippen LogP contribution in [0.1, 0.15) is 12.0 Å². The SMILES string of the molecule is Cc1ccncc1-c1cc(N)c2cnc(NC(=O)C(=O)NC3CC3C#N)cc2c1. The van der Waals surface area contributed by atoms with Gasteiger partial charge in [0.15, 0.2) is 0 Å². The number of nitrogens with one attached hydrogen (secondary N) is 2. The van der Waals surface area contributed by atoms with Gasteiger partial charge in [0, 0.05) is 41.3 Å². The van der Waals surface area contributed by atoms with Crippen LogP contribution in [-0.2, 0) is 9.59 Å². The Morgan fingerprint density at radius 2 is 2.07 bits per heavy atom. The molecule has 1 saturated carbocycles. The molecule has 0 radical (unpaired) electrons. The number of carbonyl (C=O) groups is 2. The van der Waals surface area contributed by atoms with Crippen molar-refractivity contribution in [2.75, 3.05) is 11.1 Å².